The van der Waals surface area contributed by atoms with E-state index in [2.05, 4.69) is 10.6 Å². The highest BCUT2D eigenvalue weighted by atomic mass is 16.5. The number of carbonyl (C=O) groups is 4. The van der Waals surface area contributed by atoms with Crippen molar-refractivity contribution in [2.24, 2.45) is 0 Å². The number of amides is 2. The predicted molar refractivity (Wildman–Crippen MR) is 115 cm³/mol. The van der Waals surface area contributed by atoms with Gasteiger partial charge in [0.15, 0.2) is 0 Å². The van der Waals surface area contributed by atoms with Crippen molar-refractivity contribution in [3.63, 3.8) is 0 Å². The summed E-state index contributed by atoms with van der Waals surface area (Å²) in [7, 11) is 0. The fourth-order valence-electron chi connectivity index (χ4n) is 2.75. The van der Waals surface area contributed by atoms with Crippen LogP contribution in [0.15, 0.2) is 83.6 Å². The van der Waals surface area contributed by atoms with E-state index in [-0.39, 0.29) is 35.7 Å². The van der Waals surface area contributed by atoms with E-state index in [1.54, 1.807) is 74.5 Å². The molecular weight excluding hydrogens is 412 g/mol. The van der Waals surface area contributed by atoms with E-state index in [4.69, 9.17) is 9.47 Å². The number of nitrogens with one attached hydrogen (secondary N) is 2. The molecule has 2 aromatic carbocycles. The molecule has 0 saturated heterocycles. The predicted octanol–water partition coefficient (Wildman–Crippen LogP) is 2.77. The number of ketones is 2. The van der Waals surface area contributed by atoms with E-state index in [0.717, 1.165) is 0 Å². The van der Waals surface area contributed by atoms with Crippen molar-refractivity contribution in [3.8, 4) is 11.5 Å². The normalized spacial score (nSPS) is 13.7. The quantitative estimate of drug-likeness (QED) is 0.618. The molecule has 32 heavy (non-hydrogen) atoms. The zero-order valence-corrected chi connectivity index (χ0v) is 17.6. The number of carbonyl (C=O) groups excluding carboxylic acids is 4. The summed E-state index contributed by atoms with van der Waals surface area (Å²) in [6.07, 6.45) is 0.142. The summed E-state index contributed by atoms with van der Waals surface area (Å²) in [4.78, 5) is 51.0. The van der Waals surface area contributed by atoms with Crippen molar-refractivity contribution in [1.82, 2.24) is 10.6 Å². The van der Waals surface area contributed by atoms with Gasteiger partial charge in [-0.25, -0.2) is 0 Å². The minimum absolute atomic E-state index is 0.0710. The first-order valence-corrected chi connectivity index (χ1v) is 10.1. The SMILES string of the molecule is CCC(=O)NC1=C(Oc2ccccc2)C(=O)C(NC(=O)CC)=C(Oc2ccccc2)C1=O. The molecule has 0 fully saturated rings. The zero-order chi connectivity index (χ0) is 23.1. The van der Waals surface area contributed by atoms with Gasteiger partial charge in [0.1, 0.15) is 22.9 Å². The average molecular weight is 434 g/mol. The van der Waals surface area contributed by atoms with Gasteiger partial charge >= 0.3 is 0 Å². The summed E-state index contributed by atoms with van der Waals surface area (Å²) in [6, 6.07) is 16.6. The van der Waals surface area contributed by atoms with Gasteiger partial charge in [-0.15, -0.1) is 0 Å². The molecule has 2 N–H and O–H groups in total. The van der Waals surface area contributed by atoms with Gasteiger partial charge in [0.25, 0.3) is 11.6 Å². The third-order valence-electron chi connectivity index (χ3n) is 4.42. The molecule has 2 amide bonds. The molecular formula is C24H22N2O6. The highest BCUT2D eigenvalue weighted by molar-refractivity contribution is 6.25. The molecule has 0 unspecified atom stereocenters. The molecule has 1 aliphatic rings. The van der Waals surface area contributed by atoms with Crippen molar-refractivity contribution in [3.05, 3.63) is 83.6 Å². The van der Waals surface area contributed by atoms with E-state index in [1.807, 2.05) is 0 Å². The lowest BCUT2D eigenvalue weighted by Gasteiger charge is -2.24. The number of para-hydroxylation sites is 2. The van der Waals surface area contributed by atoms with Crippen LogP contribution in [0.1, 0.15) is 26.7 Å². The third-order valence-corrected chi connectivity index (χ3v) is 4.42. The van der Waals surface area contributed by atoms with Gasteiger partial charge in [-0.1, -0.05) is 50.2 Å². The van der Waals surface area contributed by atoms with Gasteiger partial charge in [-0.3, -0.25) is 19.2 Å². The lowest BCUT2D eigenvalue weighted by atomic mass is 10.0. The Morgan fingerprint density at radius 3 is 1.31 bits per heavy atom. The van der Waals surface area contributed by atoms with Crippen LogP contribution in [0.5, 0.6) is 11.5 Å². The maximum atomic E-state index is 13.4. The standard InChI is InChI=1S/C24H22N2O6/c1-3-17(27)25-19-21(29)24(32-16-13-9-6-10-14-16)20(26-18(28)4-2)22(30)23(19)31-15-11-7-5-8-12-15/h5-14H,3-4H2,1-2H3,(H,25,27)(H,26,28). The number of rotatable bonds is 8. The molecule has 8 heteroatoms. The lowest BCUT2D eigenvalue weighted by molar-refractivity contribution is -0.125. The molecule has 0 heterocycles. The van der Waals surface area contributed by atoms with Gasteiger partial charge in [-0.05, 0) is 24.3 Å². The monoisotopic (exact) mass is 434 g/mol. The van der Waals surface area contributed by atoms with Crippen LogP contribution in [-0.4, -0.2) is 23.4 Å². The fraction of sp³-hybridized carbons (Fsp3) is 0.167. The largest absolute Gasteiger partial charge is 0.451 e. The lowest BCUT2D eigenvalue weighted by Crippen LogP contribution is -2.41. The summed E-state index contributed by atoms with van der Waals surface area (Å²) < 4.78 is 11.4. The van der Waals surface area contributed by atoms with Gasteiger partial charge in [0.05, 0.1) is 0 Å². The highest BCUT2D eigenvalue weighted by Gasteiger charge is 2.40. The van der Waals surface area contributed by atoms with E-state index in [0.29, 0.717) is 0 Å². The van der Waals surface area contributed by atoms with Crippen molar-refractivity contribution < 1.29 is 28.7 Å². The summed E-state index contributed by atoms with van der Waals surface area (Å²) in [6.45, 7) is 3.21. The number of Topliss-reactive ketones (excluding diaryl/α,β-unsaturated/α-hetero) is 2. The molecule has 0 saturated carbocycles. The summed E-state index contributed by atoms with van der Waals surface area (Å²) >= 11 is 0. The summed E-state index contributed by atoms with van der Waals surface area (Å²) in [5.74, 6) is -2.84. The molecule has 0 aromatic heterocycles. The highest BCUT2D eigenvalue weighted by Crippen LogP contribution is 2.27. The van der Waals surface area contributed by atoms with Gasteiger partial charge in [0, 0.05) is 12.8 Å². The van der Waals surface area contributed by atoms with Crippen molar-refractivity contribution in [1.29, 1.82) is 0 Å². The molecule has 1 aliphatic carbocycles. The van der Waals surface area contributed by atoms with Crippen LogP contribution in [0, 0.1) is 0 Å². The first-order chi connectivity index (χ1) is 15.4. The van der Waals surface area contributed by atoms with Crippen LogP contribution >= 0.6 is 0 Å². The number of hydrogen-bond donors (Lipinski definition) is 2. The number of hydrogen-bond acceptors (Lipinski definition) is 6. The first kappa shape index (κ1) is 22.5. The summed E-state index contributed by atoms with van der Waals surface area (Å²) in [5, 5.41) is 4.88. The molecule has 0 atom stereocenters. The Kier molecular flexibility index (Phi) is 7.17. The molecule has 0 aliphatic heterocycles. The van der Waals surface area contributed by atoms with Crippen LogP contribution in [0.4, 0.5) is 0 Å². The Balaban J connectivity index is 2.11. The number of benzene rings is 2. The maximum Gasteiger partial charge on any atom is 0.250 e. The molecule has 8 nitrogen and oxygen atoms in total. The molecule has 3 rings (SSSR count). The van der Waals surface area contributed by atoms with Crippen LogP contribution in [-0.2, 0) is 19.2 Å². The van der Waals surface area contributed by atoms with Crippen LogP contribution < -0.4 is 20.1 Å². The molecule has 0 bridgehead atoms. The third kappa shape index (κ3) is 5.10. The van der Waals surface area contributed by atoms with Crippen LogP contribution in [0.2, 0.25) is 0 Å². The van der Waals surface area contributed by atoms with Gasteiger partial charge in [0.2, 0.25) is 23.3 Å². The van der Waals surface area contributed by atoms with Gasteiger partial charge in [-0.2, -0.15) is 0 Å². The van der Waals surface area contributed by atoms with Crippen LogP contribution in [0.25, 0.3) is 0 Å². The Bertz CT molecular complexity index is 1010. The van der Waals surface area contributed by atoms with Crippen molar-refractivity contribution in [2.45, 2.75) is 26.7 Å². The van der Waals surface area contributed by atoms with Gasteiger partial charge < -0.3 is 20.1 Å². The molecule has 164 valence electrons. The van der Waals surface area contributed by atoms with Crippen LogP contribution in [0.3, 0.4) is 0 Å². The smallest absolute Gasteiger partial charge is 0.250 e. The van der Waals surface area contributed by atoms with Crippen molar-refractivity contribution >= 4 is 23.4 Å². The Labute approximate surface area is 184 Å². The second-order valence-electron chi connectivity index (χ2n) is 6.70. The first-order valence-electron chi connectivity index (χ1n) is 10.1. The zero-order valence-electron chi connectivity index (χ0n) is 17.6. The molecule has 2 aromatic rings. The van der Waals surface area contributed by atoms with E-state index < -0.39 is 34.9 Å². The Hall–Kier alpha value is -4.20. The van der Waals surface area contributed by atoms with Crippen molar-refractivity contribution in [2.75, 3.05) is 0 Å². The number of ether oxygens (including phenoxy) is 2. The Morgan fingerprint density at radius 1 is 0.656 bits per heavy atom. The minimum atomic E-state index is -0.799. The molecule has 0 spiro atoms. The van der Waals surface area contributed by atoms with E-state index in [1.165, 1.54) is 0 Å². The maximum absolute atomic E-state index is 13.4. The van der Waals surface area contributed by atoms with E-state index in [9.17, 15) is 19.2 Å². The fourth-order valence-corrected chi connectivity index (χ4v) is 2.75. The topological polar surface area (TPSA) is 111 Å². The minimum Gasteiger partial charge on any atom is -0.451 e. The molecule has 0 radical (unpaired) electrons. The summed E-state index contributed by atoms with van der Waals surface area (Å²) in [5.41, 5.74) is -0.711. The Morgan fingerprint density at radius 2 is 1.00 bits per heavy atom. The van der Waals surface area contributed by atoms with E-state index >= 15 is 0 Å². The average Bonchev–Trinajstić information content (AvgIpc) is 2.82. The second kappa shape index (κ2) is 10.2. The second-order valence-corrected chi connectivity index (χ2v) is 6.70.